The topological polar surface area (TPSA) is 89.0 Å². The van der Waals surface area contributed by atoms with Crippen LogP contribution in [-0.2, 0) is 0 Å². The SMILES string of the molecule is COc1ccc(-c2csc(/C(C#N)=C\c3cccc([N+](=O)[O-])c3)n2)cc1. The summed E-state index contributed by atoms with van der Waals surface area (Å²) in [5, 5.41) is 22.8. The number of thiazole rings is 1. The molecule has 0 saturated heterocycles. The lowest BCUT2D eigenvalue weighted by molar-refractivity contribution is -0.384. The highest BCUT2D eigenvalue weighted by molar-refractivity contribution is 7.11. The van der Waals surface area contributed by atoms with Crippen molar-refractivity contribution < 1.29 is 9.66 Å². The minimum atomic E-state index is -0.464. The van der Waals surface area contributed by atoms with Crippen LogP contribution < -0.4 is 4.74 Å². The van der Waals surface area contributed by atoms with E-state index in [4.69, 9.17) is 4.74 Å². The number of aromatic nitrogens is 1. The smallest absolute Gasteiger partial charge is 0.270 e. The van der Waals surface area contributed by atoms with Gasteiger partial charge >= 0.3 is 0 Å². The maximum absolute atomic E-state index is 10.9. The fourth-order valence-electron chi connectivity index (χ4n) is 2.33. The summed E-state index contributed by atoms with van der Waals surface area (Å²) < 4.78 is 5.14. The van der Waals surface area contributed by atoms with E-state index in [1.165, 1.54) is 23.5 Å². The molecule has 0 spiro atoms. The van der Waals surface area contributed by atoms with E-state index in [1.54, 1.807) is 25.3 Å². The van der Waals surface area contributed by atoms with Gasteiger partial charge in [-0.1, -0.05) is 12.1 Å². The van der Waals surface area contributed by atoms with Crippen LogP contribution in [0.15, 0.2) is 53.9 Å². The lowest BCUT2D eigenvalue weighted by atomic mass is 10.1. The third kappa shape index (κ3) is 3.77. The van der Waals surface area contributed by atoms with E-state index in [1.807, 2.05) is 29.6 Å². The van der Waals surface area contributed by atoms with Gasteiger partial charge in [-0.25, -0.2) is 4.98 Å². The van der Waals surface area contributed by atoms with Gasteiger partial charge in [-0.15, -0.1) is 11.3 Å². The molecule has 0 radical (unpaired) electrons. The second-order valence-corrected chi connectivity index (χ2v) is 6.15. The van der Waals surface area contributed by atoms with Crippen LogP contribution in [-0.4, -0.2) is 17.0 Å². The van der Waals surface area contributed by atoms with Gasteiger partial charge in [0, 0.05) is 23.1 Å². The van der Waals surface area contributed by atoms with Gasteiger partial charge in [0.25, 0.3) is 5.69 Å². The molecule has 0 aliphatic rings. The quantitative estimate of drug-likeness (QED) is 0.369. The summed E-state index contributed by atoms with van der Waals surface area (Å²) >= 11 is 1.35. The zero-order valence-corrected chi connectivity index (χ0v) is 14.6. The first-order valence-electron chi connectivity index (χ1n) is 7.57. The fourth-order valence-corrected chi connectivity index (χ4v) is 3.12. The molecular formula is C19H13N3O3S. The van der Waals surface area contributed by atoms with E-state index in [9.17, 15) is 15.4 Å². The van der Waals surface area contributed by atoms with Crippen LogP contribution in [0.1, 0.15) is 10.6 Å². The average molecular weight is 363 g/mol. The van der Waals surface area contributed by atoms with Gasteiger partial charge < -0.3 is 4.74 Å². The highest BCUT2D eigenvalue weighted by atomic mass is 32.1. The Kier molecular flexibility index (Phi) is 5.06. The minimum absolute atomic E-state index is 0.0194. The fraction of sp³-hybridized carbons (Fsp3) is 0.0526. The van der Waals surface area contributed by atoms with Crippen molar-refractivity contribution in [3.8, 4) is 23.1 Å². The Bertz CT molecular complexity index is 1020. The van der Waals surface area contributed by atoms with E-state index in [0.717, 1.165) is 17.0 Å². The monoisotopic (exact) mass is 363 g/mol. The van der Waals surface area contributed by atoms with E-state index in [2.05, 4.69) is 11.1 Å². The van der Waals surface area contributed by atoms with Crippen LogP contribution in [0.25, 0.3) is 22.9 Å². The standard InChI is InChI=1S/C19H13N3O3S/c1-25-17-7-5-14(6-8-17)18-12-26-19(21-18)15(11-20)9-13-3-2-4-16(10-13)22(23)24/h2-10,12H,1H3/b15-9-. The Morgan fingerprint density at radius 3 is 2.73 bits per heavy atom. The summed E-state index contributed by atoms with van der Waals surface area (Å²) in [5.74, 6) is 0.757. The van der Waals surface area contributed by atoms with Gasteiger partial charge in [0.15, 0.2) is 0 Å². The molecule has 1 heterocycles. The molecular weight excluding hydrogens is 350 g/mol. The van der Waals surface area contributed by atoms with Gasteiger partial charge in [0.1, 0.15) is 16.8 Å². The summed E-state index contributed by atoms with van der Waals surface area (Å²) in [6, 6.07) is 15.7. The number of allylic oxidation sites excluding steroid dienone is 1. The van der Waals surface area contributed by atoms with Crippen LogP contribution in [0.5, 0.6) is 5.75 Å². The molecule has 128 valence electrons. The molecule has 0 bridgehead atoms. The van der Waals surface area contributed by atoms with Crippen molar-refractivity contribution in [3.63, 3.8) is 0 Å². The first-order chi connectivity index (χ1) is 12.6. The molecule has 2 aromatic carbocycles. The molecule has 3 rings (SSSR count). The molecule has 3 aromatic rings. The highest BCUT2D eigenvalue weighted by Gasteiger charge is 2.11. The van der Waals surface area contributed by atoms with Gasteiger partial charge in [-0.3, -0.25) is 10.1 Å². The van der Waals surface area contributed by atoms with Gasteiger partial charge in [-0.05, 0) is 35.9 Å². The van der Waals surface area contributed by atoms with Crippen LogP contribution in [0.2, 0.25) is 0 Å². The zero-order chi connectivity index (χ0) is 18.5. The maximum atomic E-state index is 10.9. The predicted molar refractivity (Wildman–Crippen MR) is 101 cm³/mol. The number of non-ortho nitro benzene ring substituents is 1. The molecule has 7 heteroatoms. The van der Waals surface area contributed by atoms with Crippen molar-refractivity contribution >= 4 is 28.7 Å². The van der Waals surface area contributed by atoms with Crippen LogP contribution >= 0.6 is 11.3 Å². The predicted octanol–water partition coefficient (Wildman–Crippen LogP) is 4.79. The van der Waals surface area contributed by atoms with Gasteiger partial charge in [0.2, 0.25) is 0 Å². The van der Waals surface area contributed by atoms with E-state index < -0.39 is 4.92 Å². The molecule has 0 aliphatic carbocycles. The van der Waals surface area contributed by atoms with Crippen molar-refractivity contribution in [1.29, 1.82) is 5.26 Å². The molecule has 0 aliphatic heterocycles. The Labute approximate surface area is 153 Å². The number of methoxy groups -OCH3 is 1. The van der Waals surface area contributed by atoms with Crippen molar-refractivity contribution in [2.24, 2.45) is 0 Å². The second kappa shape index (κ2) is 7.59. The molecule has 26 heavy (non-hydrogen) atoms. The third-order valence-corrected chi connectivity index (χ3v) is 4.51. The normalized spacial score (nSPS) is 11.0. The lowest BCUT2D eigenvalue weighted by Crippen LogP contribution is -1.88. The maximum Gasteiger partial charge on any atom is 0.270 e. The van der Waals surface area contributed by atoms with Gasteiger partial charge in [-0.2, -0.15) is 5.26 Å². The summed E-state index contributed by atoms with van der Waals surface area (Å²) in [6.07, 6.45) is 1.60. The minimum Gasteiger partial charge on any atom is -0.497 e. The number of nitro groups is 1. The summed E-state index contributed by atoms with van der Waals surface area (Å²) in [5.41, 5.74) is 2.59. The number of nitro benzene ring substituents is 1. The molecule has 0 atom stereocenters. The molecule has 6 nitrogen and oxygen atoms in total. The van der Waals surface area contributed by atoms with Crippen molar-refractivity contribution in [3.05, 3.63) is 74.6 Å². The summed E-state index contributed by atoms with van der Waals surface area (Å²) in [4.78, 5) is 14.9. The van der Waals surface area contributed by atoms with Crippen molar-refractivity contribution in [2.75, 3.05) is 7.11 Å². The third-order valence-electron chi connectivity index (χ3n) is 3.63. The van der Waals surface area contributed by atoms with Crippen LogP contribution in [0.3, 0.4) is 0 Å². The van der Waals surface area contributed by atoms with E-state index in [0.29, 0.717) is 16.1 Å². The van der Waals surface area contributed by atoms with Crippen LogP contribution in [0.4, 0.5) is 5.69 Å². The Morgan fingerprint density at radius 1 is 1.31 bits per heavy atom. The molecule has 0 amide bonds. The number of hydrogen-bond donors (Lipinski definition) is 0. The van der Waals surface area contributed by atoms with Crippen molar-refractivity contribution in [1.82, 2.24) is 4.98 Å². The number of hydrogen-bond acceptors (Lipinski definition) is 6. The van der Waals surface area contributed by atoms with E-state index in [-0.39, 0.29) is 5.69 Å². The Morgan fingerprint density at radius 2 is 2.08 bits per heavy atom. The molecule has 0 fully saturated rings. The largest absolute Gasteiger partial charge is 0.497 e. The number of nitriles is 1. The summed E-state index contributed by atoms with van der Waals surface area (Å²) in [6.45, 7) is 0. The number of ether oxygens (including phenoxy) is 1. The van der Waals surface area contributed by atoms with Crippen LogP contribution in [0, 0.1) is 21.4 Å². The molecule has 0 unspecified atom stereocenters. The number of rotatable bonds is 5. The van der Waals surface area contributed by atoms with E-state index >= 15 is 0 Å². The average Bonchev–Trinajstić information content (AvgIpc) is 3.16. The second-order valence-electron chi connectivity index (χ2n) is 5.29. The molecule has 0 saturated carbocycles. The molecule has 1 aromatic heterocycles. The lowest BCUT2D eigenvalue weighted by Gasteiger charge is -2.00. The van der Waals surface area contributed by atoms with Crippen molar-refractivity contribution in [2.45, 2.75) is 0 Å². The Hall–Kier alpha value is -3.50. The zero-order valence-electron chi connectivity index (χ0n) is 13.7. The number of nitrogens with zero attached hydrogens (tertiary/aromatic N) is 3. The first-order valence-corrected chi connectivity index (χ1v) is 8.45. The first kappa shape index (κ1) is 17.3. The van der Waals surface area contributed by atoms with Gasteiger partial charge in [0.05, 0.1) is 23.3 Å². The number of benzene rings is 2. The highest BCUT2D eigenvalue weighted by Crippen LogP contribution is 2.28. The summed E-state index contributed by atoms with van der Waals surface area (Å²) in [7, 11) is 1.61. The Balaban J connectivity index is 1.92. The molecule has 0 N–H and O–H groups in total.